The minimum Gasteiger partial charge on any atom is -0.448 e. The van der Waals surface area contributed by atoms with Gasteiger partial charge in [0.05, 0.1) is 41.5 Å². The van der Waals surface area contributed by atoms with Crippen LogP contribution < -0.4 is 5.32 Å². The van der Waals surface area contributed by atoms with Crippen LogP contribution in [0.2, 0.25) is 5.02 Å². The smallest absolute Gasteiger partial charge is 0.312 e. The van der Waals surface area contributed by atoms with Gasteiger partial charge in [-0.15, -0.1) is 0 Å². The fraction of sp³-hybridized carbons (Fsp3) is 0.826. The topological polar surface area (TPSA) is 198 Å². The first-order valence-electron chi connectivity index (χ1n) is 22.6. The van der Waals surface area contributed by atoms with Gasteiger partial charge < -0.3 is 68.7 Å². The third kappa shape index (κ3) is 13.7. The summed E-state index contributed by atoms with van der Waals surface area (Å²) in [7, 11) is 7.27. The molecule has 1 aromatic rings. The number of carbonyl (C=O) groups excluding carboxylic acids is 2. The lowest BCUT2D eigenvalue weighted by molar-refractivity contribution is -0.321. The maximum atomic E-state index is 14.3. The summed E-state index contributed by atoms with van der Waals surface area (Å²) >= 11 is 7.84. The van der Waals surface area contributed by atoms with Crippen LogP contribution >= 0.6 is 34.2 Å². The number of hydrogen-bond donors (Lipinski definition) is 5. The van der Waals surface area contributed by atoms with E-state index in [4.69, 9.17) is 44.8 Å². The maximum absolute atomic E-state index is 14.3. The largest absolute Gasteiger partial charge is 0.448 e. The number of alkyl halides is 1. The Morgan fingerprint density at radius 3 is 2.23 bits per heavy atom. The molecule has 3 heterocycles. The molecule has 0 bridgehead atoms. The van der Waals surface area contributed by atoms with Gasteiger partial charge in [0, 0.05) is 61.8 Å². The minimum absolute atomic E-state index is 0.114. The quantitative estimate of drug-likeness (QED) is 0.0856. The molecule has 0 radical (unpaired) electrons. The van der Waals surface area contributed by atoms with Crippen LogP contribution in [0.25, 0.3) is 0 Å². The van der Waals surface area contributed by atoms with Gasteiger partial charge in [-0.05, 0) is 142 Å². The Hall–Kier alpha value is -1.30. The van der Waals surface area contributed by atoms with E-state index in [1.165, 1.54) is 14.0 Å². The molecule has 18 heteroatoms. The van der Waals surface area contributed by atoms with E-state index in [1.807, 2.05) is 69.4 Å². The van der Waals surface area contributed by atoms with Gasteiger partial charge in [-0.25, -0.2) is 0 Å². The average molecular weight is 1040 g/mol. The molecule has 3 saturated heterocycles. The van der Waals surface area contributed by atoms with E-state index in [-0.39, 0.29) is 43.4 Å². The number of aliphatic hydroxyl groups is 4. The van der Waals surface area contributed by atoms with Crippen LogP contribution in [0.5, 0.6) is 0 Å². The summed E-state index contributed by atoms with van der Waals surface area (Å²) in [5.74, 6) is -2.93. The minimum atomic E-state index is -1.85. The zero-order valence-electron chi connectivity index (χ0n) is 40.0. The lowest BCUT2D eigenvalue weighted by atomic mass is 9.77. The number of cyclic esters (lactones) is 1. The highest BCUT2D eigenvalue weighted by Crippen LogP contribution is 2.40. The first kappa shape index (κ1) is 55.3. The second kappa shape index (κ2) is 23.3. The number of ether oxygens (including phenoxy) is 7. The predicted molar refractivity (Wildman–Crippen MR) is 250 cm³/mol. The monoisotopic (exact) mass is 1040 g/mol. The van der Waals surface area contributed by atoms with Crippen LogP contribution in [-0.2, 0) is 38.0 Å². The number of methoxy groups -OCH3 is 1. The van der Waals surface area contributed by atoms with Gasteiger partial charge >= 0.3 is 5.97 Å². The molecule has 0 unspecified atom stereocenters. The second-order valence-electron chi connectivity index (χ2n) is 19.5. The number of hydrogen-bond acceptors (Lipinski definition) is 15. The number of nitrogens with zero attached hydrogens (tertiary/aromatic N) is 2. The first-order chi connectivity index (χ1) is 29.7. The molecule has 16 nitrogen and oxygen atoms in total. The van der Waals surface area contributed by atoms with E-state index in [0.717, 1.165) is 0 Å². The lowest BCUT2D eigenvalue weighted by Gasteiger charge is -2.49. The maximum Gasteiger partial charge on any atom is 0.312 e. The Bertz CT molecular complexity index is 1650. The van der Waals surface area contributed by atoms with Crippen molar-refractivity contribution in [2.24, 2.45) is 17.8 Å². The Morgan fingerprint density at radius 1 is 0.984 bits per heavy atom. The van der Waals surface area contributed by atoms with Gasteiger partial charge in [0.25, 0.3) is 5.91 Å². The van der Waals surface area contributed by atoms with Crippen molar-refractivity contribution < 1.29 is 63.2 Å². The van der Waals surface area contributed by atoms with Crippen LogP contribution in [-0.4, -0.2) is 178 Å². The molecule has 64 heavy (non-hydrogen) atoms. The molecule has 0 aromatic heterocycles. The summed E-state index contributed by atoms with van der Waals surface area (Å²) in [6.07, 6.45) is -6.50. The van der Waals surface area contributed by atoms with Crippen molar-refractivity contribution in [3.63, 3.8) is 0 Å². The number of esters is 1. The van der Waals surface area contributed by atoms with Gasteiger partial charge in [0.1, 0.15) is 23.9 Å². The van der Waals surface area contributed by atoms with Gasteiger partial charge in [-0.3, -0.25) is 9.59 Å². The van der Waals surface area contributed by atoms with Crippen molar-refractivity contribution in [1.82, 2.24) is 15.1 Å². The summed E-state index contributed by atoms with van der Waals surface area (Å²) in [6.45, 7) is 16.9. The van der Waals surface area contributed by atoms with Gasteiger partial charge in [0.15, 0.2) is 16.7 Å². The van der Waals surface area contributed by atoms with Crippen molar-refractivity contribution in [1.29, 1.82) is 0 Å². The van der Waals surface area contributed by atoms with Crippen LogP contribution in [0.3, 0.4) is 0 Å². The number of halogens is 2. The summed E-state index contributed by atoms with van der Waals surface area (Å²) < 4.78 is 43.9. The van der Waals surface area contributed by atoms with E-state index < -0.39 is 94.0 Å². The fourth-order valence-corrected chi connectivity index (χ4v) is 10.3. The van der Waals surface area contributed by atoms with E-state index in [9.17, 15) is 30.0 Å². The molecule has 3 fully saturated rings. The van der Waals surface area contributed by atoms with Crippen LogP contribution in [0.1, 0.15) is 98.4 Å². The first-order valence-corrected chi connectivity index (χ1v) is 24.2. The van der Waals surface area contributed by atoms with Crippen LogP contribution in [0, 0.1) is 17.8 Å². The summed E-state index contributed by atoms with van der Waals surface area (Å²) in [5, 5.41) is 50.6. The zero-order valence-corrected chi connectivity index (χ0v) is 42.9. The standard InChI is InChI=1S/C46H77ClIN3O13/c1-25-22-44(7,56)39(63-42-36(33(50(10)11)21-26(2)60-42)59-20-14-19-49-40(54)31-15-17-32(47)18-16-31)27(3)35(62-34-23-45(8,58-13)38(53)30(6)61-34)28(4)41(55)64-43(48)46(9,57)37(52)29(5)51(12)24-25/h15-18,25-30,33-39,42-43,52-53,56-57H,14,19-24H2,1-13H3,(H,49,54)/t25-,26-,27+,28-,29-,30+,33+,34+,35+,36-,37-,38+,39-,42+,43+,44-,45-,46+/m1/s1. The zero-order chi connectivity index (χ0) is 48.1. The number of benzene rings is 1. The molecule has 0 aliphatic carbocycles. The highest BCUT2D eigenvalue weighted by atomic mass is 127. The molecule has 18 atom stereocenters. The Kier molecular flexibility index (Phi) is 20.2. The number of carbonyl (C=O) groups is 2. The molecule has 1 amide bonds. The molecule has 1 aromatic carbocycles. The summed E-state index contributed by atoms with van der Waals surface area (Å²) in [6, 6.07) is 5.93. The summed E-state index contributed by atoms with van der Waals surface area (Å²) in [4.78, 5) is 31.1. The Morgan fingerprint density at radius 2 is 1.62 bits per heavy atom. The SMILES string of the molecule is CO[C@]1(C)C[C@H](O[C@H]2[C@H](C)[C@@H](O[C@@H]3O[C@H](C)C[C@H](N(C)C)[C@H]3OCCCNC(=O)c3ccc(Cl)cc3)[C@](C)(O)C[C@@H](C)CN(C)[C@H](C)[C@@H](O)[C@](C)(O)[C@@H](I)OC(=O)[C@@H]2C)O[C@@H](C)[C@@H]1O. The number of nitrogens with one attached hydrogen (secondary N) is 1. The normalized spacial score (nSPS) is 42.4. The summed E-state index contributed by atoms with van der Waals surface area (Å²) in [5.41, 5.74) is -3.99. The number of rotatable bonds is 12. The molecular weight excluding hydrogens is 965 g/mol. The fourth-order valence-electron chi connectivity index (χ4n) is 9.51. The molecular formula is C46H77ClIN3O13. The molecule has 0 spiro atoms. The van der Waals surface area contributed by atoms with Crippen molar-refractivity contribution in [2.75, 3.05) is 47.9 Å². The Labute approximate surface area is 399 Å². The van der Waals surface area contributed by atoms with Crippen molar-refractivity contribution in [3.05, 3.63) is 34.9 Å². The van der Waals surface area contributed by atoms with Crippen LogP contribution in [0.4, 0.5) is 0 Å². The van der Waals surface area contributed by atoms with Gasteiger partial charge in [-0.1, -0.05) is 25.4 Å². The molecule has 5 N–H and O–H groups in total. The van der Waals surface area contributed by atoms with Crippen molar-refractivity contribution >= 4 is 46.1 Å². The average Bonchev–Trinajstić information content (AvgIpc) is 3.22. The van der Waals surface area contributed by atoms with Crippen molar-refractivity contribution in [3.8, 4) is 0 Å². The number of aliphatic hydroxyl groups excluding tert-OH is 2. The van der Waals surface area contributed by atoms with E-state index in [2.05, 4.69) is 10.2 Å². The molecule has 3 aliphatic heterocycles. The van der Waals surface area contributed by atoms with Crippen molar-refractivity contribution in [2.45, 2.75) is 176 Å². The third-order valence-electron chi connectivity index (χ3n) is 13.6. The lowest BCUT2D eigenvalue weighted by Crippen LogP contribution is -2.61. The number of amides is 1. The highest BCUT2D eigenvalue weighted by molar-refractivity contribution is 14.1. The molecule has 368 valence electrons. The van der Waals surface area contributed by atoms with Gasteiger partial charge in [0.2, 0.25) is 0 Å². The predicted octanol–water partition coefficient (Wildman–Crippen LogP) is 4.38. The molecule has 4 rings (SSSR count). The second-order valence-corrected chi connectivity index (χ2v) is 21.1. The van der Waals surface area contributed by atoms with E-state index in [1.54, 1.807) is 58.9 Å². The van der Waals surface area contributed by atoms with Gasteiger partial charge in [-0.2, -0.15) is 0 Å². The highest BCUT2D eigenvalue weighted by Gasteiger charge is 2.53. The van der Waals surface area contributed by atoms with E-state index in [0.29, 0.717) is 36.5 Å². The van der Waals surface area contributed by atoms with Crippen LogP contribution in [0.15, 0.2) is 24.3 Å². The van der Waals surface area contributed by atoms with E-state index >= 15 is 0 Å². The Balaban J connectivity index is 1.74. The molecule has 0 saturated carbocycles. The number of likely N-dealkylation sites (N-methyl/N-ethyl adjacent to an activating group) is 2. The third-order valence-corrected chi connectivity index (χ3v) is 15.4. The molecule has 3 aliphatic rings.